The number of primary amides is 2. The molecule has 16 nitrogen and oxygen atoms in total. The molecule has 4 amide bonds. The number of carbonyl (C=O) groups is 4. The highest BCUT2D eigenvalue weighted by molar-refractivity contribution is 5.97. The van der Waals surface area contributed by atoms with Gasteiger partial charge in [-0.2, -0.15) is 0 Å². The Labute approximate surface area is 291 Å². The summed E-state index contributed by atoms with van der Waals surface area (Å²) < 4.78 is 22.4. The molecule has 0 spiro atoms. The second-order valence-corrected chi connectivity index (χ2v) is 14.0. The average molecular weight is 701 g/mol. The summed E-state index contributed by atoms with van der Waals surface area (Å²) in [5, 5.41) is 10.8. The highest BCUT2D eigenvalue weighted by Crippen LogP contribution is 2.28. The number of non-ortho nitro benzene ring substituents is 1. The number of nitrogens with two attached hydrogens (primary N) is 3. The van der Waals surface area contributed by atoms with Gasteiger partial charge in [-0.3, -0.25) is 19.7 Å². The molecule has 2 aromatic rings. The Hall–Kier alpha value is -5.28. The van der Waals surface area contributed by atoms with E-state index in [1.165, 1.54) is 18.2 Å². The van der Waals surface area contributed by atoms with Crippen molar-refractivity contribution in [3.63, 3.8) is 0 Å². The Bertz CT molecular complexity index is 1550. The third-order valence-corrected chi connectivity index (χ3v) is 7.48. The lowest BCUT2D eigenvalue weighted by Gasteiger charge is -2.33. The minimum atomic E-state index is -0.796. The van der Waals surface area contributed by atoms with E-state index in [4.69, 9.17) is 36.1 Å². The molecule has 2 aliphatic rings. The van der Waals surface area contributed by atoms with Crippen LogP contribution in [-0.4, -0.2) is 88.3 Å². The van der Waals surface area contributed by atoms with Crippen LogP contribution in [0.15, 0.2) is 36.4 Å². The van der Waals surface area contributed by atoms with Crippen molar-refractivity contribution < 1.29 is 43.0 Å². The molecule has 0 aromatic heterocycles. The van der Waals surface area contributed by atoms with E-state index in [9.17, 15) is 29.3 Å². The average Bonchev–Trinajstić information content (AvgIpc) is 3.01. The molecule has 2 fully saturated rings. The maximum absolute atomic E-state index is 12.1. The lowest BCUT2D eigenvalue weighted by molar-refractivity contribution is -0.384. The smallest absolute Gasteiger partial charge is 0.410 e. The third kappa shape index (κ3) is 12.0. The number of ether oxygens (including phenoxy) is 4. The van der Waals surface area contributed by atoms with Gasteiger partial charge in [-0.1, -0.05) is 0 Å². The van der Waals surface area contributed by atoms with Crippen LogP contribution in [0.3, 0.4) is 0 Å². The van der Waals surface area contributed by atoms with Crippen molar-refractivity contribution in [3.8, 4) is 11.5 Å². The highest BCUT2D eigenvalue weighted by Gasteiger charge is 2.30. The predicted octanol–water partition coefficient (Wildman–Crippen LogP) is 4.62. The molecule has 50 heavy (non-hydrogen) atoms. The van der Waals surface area contributed by atoms with Gasteiger partial charge in [-0.15, -0.1) is 0 Å². The number of hydrogen-bond acceptors (Lipinski definition) is 11. The number of nitro groups is 1. The quantitative estimate of drug-likeness (QED) is 0.205. The van der Waals surface area contributed by atoms with Gasteiger partial charge in [0.2, 0.25) is 0 Å². The van der Waals surface area contributed by atoms with Crippen molar-refractivity contribution in [2.45, 2.75) is 90.6 Å². The van der Waals surface area contributed by atoms with Gasteiger partial charge in [0.15, 0.2) is 0 Å². The monoisotopic (exact) mass is 700 g/mol. The van der Waals surface area contributed by atoms with Crippen LogP contribution < -0.4 is 26.7 Å². The number of benzene rings is 2. The first kappa shape index (κ1) is 39.2. The van der Waals surface area contributed by atoms with Crippen molar-refractivity contribution in [2.24, 2.45) is 11.5 Å². The number of amides is 4. The molecule has 2 aromatic carbocycles. The van der Waals surface area contributed by atoms with Crippen LogP contribution >= 0.6 is 0 Å². The largest absolute Gasteiger partial charge is 0.489 e. The summed E-state index contributed by atoms with van der Waals surface area (Å²) in [6.07, 6.45) is 1.40. The minimum Gasteiger partial charge on any atom is -0.489 e. The van der Waals surface area contributed by atoms with E-state index in [0.717, 1.165) is 6.07 Å². The normalized spacial score (nSPS) is 15.6. The topological polar surface area (TPSA) is 233 Å². The fourth-order valence-corrected chi connectivity index (χ4v) is 5.09. The van der Waals surface area contributed by atoms with Gasteiger partial charge in [0.05, 0.1) is 16.1 Å². The van der Waals surface area contributed by atoms with E-state index in [1.807, 2.05) is 20.8 Å². The van der Waals surface area contributed by atoms with Crippen molar-refractivity contribution >= 4 is 35.4 Å². The predicted molar refractivity (Wildman–Crippen MR) is 184 cm³/mol. The molecule has 4 rings (SSSR count). The number of carbonyl (C=O) groups excluding carboxylic acids is 4. The van der Waals surface area contributed by atoms with Crippen LogP contribution in [0.4, 0.5) is 21.0 Å². The number of nitrogens with zero attached hydrogens (tertiary/aromatic N) is 3. The first-order valence-corrected chi connectivity index (χ1v) is 16.3. The molecule has 2 saturated heterocycles. The van der Waals surface area contributed by atoms with Gasteiger partial charge in [0.25, 0.3) is 17.5 Å². The SMILES string of the molecule is CC(C)(C)OC(=O)N1CCC(Oc2ccc(N)cc2C(N)=O)CC1.CC(C)(C)OC(=O)N1CCC(Oc2ccc([N+](=O)[O-])cc2C(N)=O)CC1. The van der Waals surface area contributed by atoms with E-state index in [-0.39, 0.29) is 47.0 Å². The van der Waals surface area contributed by atoms with Crippen LogP contribution in [0.2, 0.25) is 0 Å². The van der Waals surface area contributed by atoms with E-state index in [0.29, 0.717) is 63.3 Å². The summed E-state index contributed by atoms with van der Waals surface area (Å²) in [5.41, 5.74) is 15.7. The Balaban J connectivity index is 0.000000271. The number of hydrogen-bond donors (Lipinski definition) is 3. The van der Waals surface area contributed by atoms with E-state index < -0.39 is 27.9 Å². The Morgan fingerprint density at radius 3 is 1.44 bits per heavy atom. The number of nitro benzene ring substituents is 1. The zero-order valence-corrected chi connectivity index (χ0v) is 29.4. The van der Waals surface area contributed by atoms with Crippen LogP contribution in [0.25, 0.3) is 0 Å². The van der Waals surface area contributed by atoms with E-state index in [1.54, 1.807) is 42.7 Å². The molecular weight excluding hydrogens is 652 g/mol. The van der Waals surface area contributed by atoms with Crippen LogP contribution in [0.1, 0.15) is 87.9 Å². The molecule has 0 atom stereocenters. The summed E-state index contributed by atoms with van der Waals surface area (Å²) in [6.45, 7) is 12.9. The molecular formula is C34H48N6O10. The second kappa shape index (κ2) is 16.4. The number of anilines is 1. The lowest BCUT2D eigenvalue weighted by Crippen LogP contribution is -2.44. The summed E-state index contributed by atoms with van der Waals surface area (Å²) >= 11 is 0. The molecule has 0 saturated carbocycles. The van der Waals surface area contributed by atoms with Gasteiger partial charge in [0, 0.05) is 69.7 Å². The van der Waals surface area contributed by atoms with Crippen molar-refractivity contribution in [3.05, 3.63) is 57.6 Å². The van der Waals surface area contributed by atoms with E-state index >= 15 is 0 Å². The van der Waals surface area contributed by atoms with E-state index in [2.05, 4.69) is 0 Å². The van der Waals surface area contributed by atoms with Gasteiger partial charge in [0.1, 0.15) is 34.9 Å². The molecule has 274 valence electrons. The maximum Gasteiger partial charge on any atom is 0.410 e. The molecule has 2 heterocycles. The summed E-state index contributed by atoms with van der Waals surface area (Å²) in [6, 6.07) is 8.56. The number of nitrogen functional groups attached to an aromatic ring is 1. The van der Waals surface area contributed by atoms with Crippen LogP contribution in [0.5, 0.6) is 11.5 Å². The van der Waals surface area contributed by atoms with Gasteiger partial charge in [-0.05, 0) is 65.8 Å². The standard InChI is InChI=1S/C17H23N3O6.C17H25N3O4/c1-17(2,3)26-16(22)19-8-6-12(7-9-19)25-14-5-4-11(20(23)24)10-13(14)15(18)21;1-17(2,3)24-16(22)20-8-6-12(7-9-20)23-14-5-4-11(18)10-13(14)15(19)21/h4-5,10,12H,6-9H2,1-3H3,(H2,18,21);4-5,10,12H,6-9,18H2,1-3H3,(H2,19,21). The summed E-state index contributed by atoms with van der Waals surface area (Å²) in [7, 11) is 0. The van der Waals surface area contributed by atoms with Crippen molar-refractivity contribution in [1.82, 2.24) is 9.80 Å². The first-order chi connectivity index (χ1) is 23.2. The highest BCUT2D eigenvalue weighted by atomic mass is 16.6. The zero-order valence-electron chi connectivity index (χ0n) is 29.4. The Morgan fingerprint density at radius 2 is 1.08 bits per heavy atom. The van der Waals surface area contributed by atoms with Gasteiger partial charge in [-0.25, -0.2) is 9.59 Å². The molecule has 0 radical (unpaired) electrons. The van der Waals surface area contributed by atoms with Crippen LogP contribution in [0, 0.1) is 10.1 Å². The summed E-state index contributed by atoms with van der Waals surface area (Å²) in [4.78, 5) is 60.7. The molecule has 0 bridgehead atoms. The fourth-order valence-electron chi connectivity index (χ4n) is 5.09. The van der Waals surface area contributed by atoms with Gasteiger partial charge >= 0.3 is 12.2 Å². The summed E-state index contributed by atoms with van der Waals surface area (Å²) in [5.74, 6) is -0.746. The maximum atomic E-state index is 12.1. The second-order valence-electron chi connectivity index (χ2n) is 14.0. The fraction of sp³-hybridized carbons (Fsp3) is 0.529. The minimum absolute atomic E-state index is 0.0335. The molecule has 2 aliphatic heterocycles. The lowest BCUT2D eigenvalue weighted by atomic mass is 10.1. The molecule has 16 heteroatoms. The number of rotatable bonds is 7. The molecule has 0 aliphatic carbocycles. The molecule has 6 N–H and O–H groups in total. The van der Waals surface area contributed by atoms with Gasteiger partial charge < -0.3 is 45.9 Å². The Kier molecular flexibility index (Phi) is 12.9. The zero-order chi connectivity index (χ0) is 37.4. The van der Waals surface area contributed by atoms with Crippen LogP contribution in [-0.2, 0) is 9.47 Å². The number of piperidine rings is 2. The first-order valence-electron chi connectivity index (χ1n) is 16.3. The van der Waals surface area contributed by atoms with Crippen molar-refractivity contribution in [1.29, 1.82) is 0 Å². The van der Waals surface area contributed by atoms with Crippen molar-refractivity contribution in [2.75, 3.05) is 31.9 Å². The third-order valence-electron chi connectivity index (χ3n) is 7.48. The number of likely N-dealkylation sites (tertiary alicyclic amines) is 2. The Morgan fingerprint density at radius 1 is 0.700 bits per heavy atom. The molecule has 0 unspecified atom stereocenters.